The summed E-state index contributed by atoms with van der Waals surface area (Å²) < 4.78 is 27.1. The smallest absolute Gasteiger partial charge is 0.230 e. The molecule has 0 saturated heterocycles. The summed E-state index contributed by atoms with van der Waals surface area (Å²) in [7, 11) is 3.02. The van der Waals surface area contributed by atoms with E-state index in [1.165, 1.54) is 30.5 Å². The molecule has 7 heteroatoms. The number of hydrogen-bond acceptors (Lipinski definition) is 5. The lowest BCUT2D eigenvalue weighted by Crippen LogP contribution is -2.17. The summed E-state index contributed by atoms with van der Waals surface area (Å²) in [6, 6.07) is 19.4. The van der Waals surface area contributed by atoms with E-state index in [4.69, 9.17) is 9.15 Å². The van der Waals surface area contributed by atoms with Crippen molar-refractivity contribution in [2.75, 3.05) is 19.1 Å². The number of allylic oxidation sites excluding steroid dienone is 1. The fourth-order valence-corrected chi connectivity index (χ4v) is 3.41. The fourth-order valence-electron chi connectivity index (χ4n) is 3.41. The Hall–Kier alpha value is -4.39. The number of para-hydroxylation sites is 1. The minimum Gasteiger partial charge on any atom is -0.491 e. The maximum absolute atomic E-state index is 14.8. The van der Waals surface area contributed by atoms with Crippen molar-refractivity contribution in [2.24, 2.45) is 0 Å². The number of hydrogen-bond donors (Lipinski definition) is 0. The summed E-state index contributed by atoms with van der Waals surface area (Å²) in [6.07, 6.45) is 4.56. The Bertz CT molecular complexity index is 1310. The van der Waals surface area contributed by atoms with Crippen molar-refractivity contribution >= 4 is 17.0 Å². The van der Waals surface area contributed by atoms with Crippen LogP contribution in [0.4, 0.5) is 10.1 Å². The van der Waals surface area contributed by atoms with Gasteiger partial charge in [0.2, 0.25) is 5.78 Å². The van der Waals surface area contributed by atoms with Crippen LogP contribution >= 0.6 is 0 Å². The summed E-state index contributed by atoms with van der Waals surface area (Å²) in [4.78, 5) is 14.6. The van der Waals surface area contributed by atoms with E-state index in [2.05, 4.69) is 11.7 Å². The van der Waals surface area contributed by atoms with Crippen LogP contribution in [0.25, 0.3) is 22.6 Å². The molecule has 0 amide bonds. The summed E-state index contributed by atoms with van der Waals surface area (Å²) >= 11 is 0. The zero-order valence-electron chi connectivity index (χ0n) is 18.2. The number of anilines is 1. The van der Waals surface area contributed by atoms with Crippen molar-refractivity contribution in [3.63, 3.8) is 0 Å². The van der Waals surface area contributed by atoms with Gasteiger partial charge < -0.3 is 14.1 Å². The van der Waals surface area contributed by atoms with E-state index in [0.29, 0.717) is 17.0 Å². The zero-order valence-corrected chi connectivity index (χ0v) is 18.2. The Kier molecular flexibility index (Phi) is 6.22. The van der Waals surface area contributed by atoms with Gasteiger partial charge in [-0.2, -0.15) is 5.10 Å². The Morgan fingerprint density at radius 3 is 2.61 bits per heavy atom. The van der Waals surface area contributed by atoms with Gasteiger partial charge in [0.15, 0.2) is 5.76 Å². The number of nitrogens with zero attached hydrogens (tertiary/aromatic N) is 3. The second-order valence-corrected chi connectivity index (χ2v) is 7.22. The quantitative estimate of drug-likeness (QED) is 0.267. The van der Waals surface area contributed by atoms with Crippen LogP contribution in [0, 0.1) is 5.82 Å². The lowest BCUT2D eigenvalue weighted by atomic mass is 10.1. The number of ketones is 1. The molecule has 0 spiro atoms. The van der Waals surface area contributed by atoms with E-state index in [0.717, 1.165) is 5.69 Å². The summed E-state index contributed by atoms with van der Waals surface area (Å²) in [5, 5.41) is 4.30. The molecule has 0 radical (unpaired) electrons. The van der Waals surface area contributed by atoms with Crippen LogP contribution in [0.2, 0.25) is 0 Å². The van der Waals surface area contributed by atoms with E-state index < -0.39 is 11.6 Å². The molecule has 166 valence electrons. The van der Waals surface area contributed by atoms with Gasteiger partial charge in [-0.05, 0) is 48.5 Å². The first kappa shape index (κ1) is 21.8. The second-order valence-electron chi connectivity index (χ2n) is 7.22. The molecular formula is C26H22FN3O3. The average Bonchev–Trinajstić information content (AvgIpc) is 3.54. The van der Waals surface area contributed by atoms with Gasteiger partial charge in [0.1, 0.15) is 11.6 Å². The largest absolute Gasteiger partial charge is 0.491 e. The van der Waals surface area contributed by atoms with Crippen LogP contribution in [-0.2, 0) is 9.53 Å². The molecule has 0 N–H and O–H groups in total. The minimum atomic E-state index is -0.466. The lowest BCUT2D eigenvalue weighted by molar-refractivity contribution is -0.113. The van der Waals surface area contributed by atoms with Crippen LogP contribution < -0.4 is 4.90 Å². The van der Waals surface area contributed by atoms with Crippen LogP contribution in [0.5, 0.6) is 0 Å². The molecule has 2 aromatic carbocycles. The van der Waals surface area contributed by atoms with Crippen molar-refractivity contribution in [1.82, 2.24) is 9.78 Å². The fraction of sp³-hybridized carbons (Fsp3) is 0.0769. The average molecular weight is 443 g/mol. The second kappa shape index (κ2) is 9.40. The molecular weight excluding hydrogens is 421 g/mol. The normalized spacial score (nSPS) is 11.3. The van der Waals surface area contributed by atoms with Gasteiger partial charge >= 0.3 is 0 Å². The van der Waals surface area contributed by atoms with E-state index >= 15 is 0 Å². The highest BCUT2D eigenvalue weighted by atomic mass is 19.1. The molecule has 2 heterocycles. The third-order valence-corrected chi connectivity index (χ3v) is 5.11. The molecule has 0 aliphatic rings. The molecule has 0 aliphatic carbocycles. The number of furan rings is 1. The molecule has 0 unspecified atom stereocenters. The molecule has 0 atom stereocenters. The highest BCUT2D eigenvalue weighted by Gasteiger charge is 2.21. The van der Waals surface area contributed by atoms with E-state index in [-0.39, 0.29) is 17.0 Å². The molecule has 33 heavy (non-hydrogen) atoms. The van der Waals surface area contributed by atoms with Crippen LogP contribution in [0.1, 0.15) is 5.69 Å². The topological polar surface area (TPSA) is 60.5 Å². The Labute approximate surface area is 190 Å². The molecule has 0 bridgehead atoms. The summed E-state index contributed by atoms with van der Waals surface area (Å²) in [6.45, 7) is 3.96. The highest BCUT2D eigenvalue weighted by molar-refractivity contribution is 6.27. The molecule has 4 aromatic rings. The standard InChI is InChI=1S/C26H22FN3O3/c1-18(22-13-14-28-30(22)20-8-5-4-6-9-20)26(31)25(32-3)17-29(2)23-12-11-19(16-21(23)27)24-10-7-15-33-24/h4-17H,1H2,2-3H3/b25-17+. The third kappa shape index (κ3) is 4.48. The van der Waals surface area contributed by atoms with E-state index in [1.54, 1.807) is 48.3 Å². The van der Waals surface area contributed by atoms with Gasteiger partial charge in [0, 0.05) is 18.2 Å². The van der Waals surface area contributed by atoms with Crippen molar-refractivity contribution in [3.05, 3.63) is 109 Å². The van der Waals surface area contributed by atoms with E-state index in [9.17, 15) is 9.18 Å². The van der Waals surface area contributed by atoms with Gasteiger partial charge in [-0.3, -0.25) is 4.79 Å². The van der Waals surface area contributed by atoms with Gasteiger partial charge in [0.25, 0.3) is 0 Å². The zero-order chi connectivity index (χ0) is 23.4. The third-order valence-electron chi connectivity index (χ3n) is 5.11. The molecule has 6 nitrogen and oxygen atoms in total. The van der Waals surface area contributed by atoms with Gasteiger partial charge in [-0.1, -0.05) is 24.8 Å². The van der Waals surface area contributed by atoms with Crippen LogP contribution in [0.3, 0.4) is 0 Å². The number of methoxy groups -OCH3 is 1. The predicted octanol–water partition coefficient (Wildman–Crippen LogP) is 5.48. The predicted molar refractivity (Wildman–Crippen MR) is 125 cm³/mol. The number of carbonyl (C=O) groups excluding carboxylic acids is 1. The van der Waals surface area contributed by atoms with Gasteiger partial charge in [-0.15, -0.1) is 0 Å². The number of aromatic nitrogens is 2. The molecule has 0 aliphatic heterocycles. The van der Waals surface area contributed by atoms with Crippen LogP contribution in [0.15, 0.2) is 102 Å². The van der Waals surface area contributed by atoms with Gasteiger partial charge in [-0.25, -0.2) is 9.07 Å². The Morgan fingerprint density at radius 2 is 1.94 bits per heavy atom. The summed E-state index contributed by atoms with van der Waals surface area (Å²) in [5.41, 5.74) is 2.42. The molecule has 4 rings (SSSR count). The number of carbonyl (C=O) groups is 1. The highest BCUT2D eigenvalue weighted by Crippen LogP contribution is 2.27. The lowest BCUT2D eigenvalue weighted by Gasteiger charge is -2.18. The molecule has 0 fully saturated rings. The minimum absolute atomic E-state index is 0.0119. The summed E-state index contributed by atoms with van der Waals surface area (Å²) in [5.74, 6) is -0.322. The number of rotatable bonds is 8. The molecule has 2 aromatic heterocycles. The number of Topliss-reactive ketones (excluding diaryl/α,β-unsaturated/α-hetero) is 1. The SMILES string of the molecule is C=C(C(=O)/C(=C\N(C)c1ccc(-c2ccco2)cc1F)OC)c1ccnn1-c1ccccc1. The van der Waals surface area contributed by atoms with E-state index in [1.807, 2.05) is 30.3 Å². The van der Waals surface area contributed by atoms with Gasteiger partial charge in [0.05, 0.1) is 42.8 Å². The van der Waals surface area contributed by atoms with Crippen molar-refractivity contribution < 1.29 is 18.3 Å². The number of halogens is 1. The number of benzene rings is 2. The Balaban J connectivity index is 1.58. The first-order valence-corrected chi connectivity index (χ1v) is 10.1. The first-order chi connectivity index (χ1) is 16.0. The first-order valence-electron chi connectivity index (χ1n) is 10.1. The van der Waals surface area contributed by atoms with Crippen molar-refractivity contribution in [1.29, 1.82) is 0 Å². The maximum Gasteiger partial charge on any atom is 0.230 e. The number of ether oxygens (including phenoxy) is 1. The Morgan fingerprint density at radius 1 is 1.15 bits per heavy atom. The van der Waals surface area contributed by atoms with Crippen LogP contribution in [-0.4, -0.2) is 29.7 Å². The van der Waals surface area contributed by atoms with Crippen molar-refractivity contribution in [2.45, 2.75) is 0 Å². The maximum atomic E-state index is 14.8. The van der Waals surface area contributed by atoms with Crippen molar-refractivity contribution in [3.8, 4) is 17.0 Å². The monoisotopic (exact) mass is 443 g/mol. The molecule has 0 saturated carbocycles.